The van der Waals surface area contributed by atoms with Crippen LogP contribution in [0.4, 0.5) is 5.69 Å². The van der Waals surface area contributed by atoms with Crippen LogP contribution in [0.3, 0.4) is 0 Å². The van der Waals surface area contributed by atoms with E-state index in [0.717, 1.165) is 10.6 Å². The maximum absolute atomic E-state index is 12.0. The Labute approximate surface area is 125 Å². The fourth-order valence-electron chi connectivity index (χ4n) is 1.86. The lowest BCUT2D eigenvalue weighted by molar-refractivity contribution is -0.121. The molecular formula is C14H20N2O4S. The quantitative estimate of drug-likeness (QED) is 0.766. The van der Waals surface area contributed by atoms with E-state index in [1.54, 1.807) is 24.3 Å². The number of hydrogen-bond acceptors (Lipinski definition) is 4. The molecule has 0 spiro atoms. The van der Waals surface area contributed by atoms with E-state index in [0.29, 0.717) is 11.4 Å². The van der Waals surface area contributed by atoms with Gasteiger partial charge >= 0.3 is 0 Å². The van der Waals surface area contributed by atoms with Crippen LogP contribution in [0.15, 0.2) is 36.9 Å². The maximum Gasteiger partial charge on any atom is 0.243 e. The molecule has 0 unspecified atom stereocenters. The Hall–Kier alpha value is -2.02. The van der Waals surface area contributed by atoms with Gasteiger partial charge < -0.3 is 10.1 Å². The maximum atomic E-state index is 12.0. The summed E-state index contributed by atoms with van der Waals surface area (Å²) in [5.74, 6) is 0.215. The summed E-state index contributed by atoms with van der Waals surface area (Å²) in [6, 6.07) is 5.60. The molecular weight excluding hydrogens is 292 g/mol. The van der Waals surface area contributed by atoms with Crippen LogP contribution in [0.25, 0.3) is 0 Å². The number of ether oxygens (including phenoxy) is 1. The van der Waals surface area contributed by atoms with Crippen molar-refractivity contribution < 1.29 is 17.9 Å². The molecule has 1 aromatic carbocycles. The van der Waals surface area contributed by atoms with Crippen molar-refractivity contribution in [3.63, 3.8) is 0 Å². The van der Waals surface area contributed by atoms with Crippen molar-refractivity contribution in [2.75, 3.05) is 24.2 Å². The van der Waals surface area contributed by atoms with E-state index >= 15 is 0 Å². The van der Waals surface area contributed by atoms with Gasteiger partial charge in [-0.15, -0.1) is 6.58 Å². The van der Waals surface area contributed by atoms with E-state index in [1.165, 1.54) is 20.1 Å². The number of methoxy groups -OCH3 is 1. The molecule has 1 amide bonds. The zero-order chi connectivity index (χ0) is 16.0. The third kappa shape index (κ3) is 4.49. The lowest BCUT2D eigenvalue weighted by atomic mass is 10.2. The summed E-state index contributed by atoms with van der Waals surface area (Å²) in [5.41, 5.74) is 0.402. The first-order chi connectivity index (χ1) is 9.81. The van der Waals surface area contributed by atoms with E-state index in [4.69, 9.17) is 4.74 Å². The number of carbonyl (C=O) groups is 1. The second-order valence-electron chi connectivity index (χ2n) is 4.47. The van der Waals surface area contributed by atoms with Gasteiger partial charge in [0, 0.05) is 6.54 Å². The summed E-state index contributed by atoms with van der Waals surface area (Å²) in [7, 11) is -2.08. The number of rotatable bonds is 7. The second kappa shape index (κ2) is 7.12. The molecule has 7 heteroatoms. The Morgan fingerprint density at radius 1 is 1.43 bits per heavy atom. The van der Waals surface area contributed by atoms with Crippen LogP contribution in [-0.4, -0.2) is 40.3 Å². The van der Waals surface area contributed by atoms with Crippen molar-refractivity contribution in [1.29, 1.82) is 0 Å². The van der Waals surface area contributed by atoms with Crippen LogP contribution in [0.1, 0.15) is 6.92 Å². The lowest BCUT2D eigenvalue weighted by Crippen LogP contribution is -2.47. The average Bonchev–Trinajstić information content (AvgIpc) is 2.44. The van der Waals surface area contributed by atoms with E-state index in [2.05, 4.69) is 11.9 Å². The lowest BCUT2D eigenvalue weighted by Gasteiger charge is -2.28. The molecule has 1 atom stereocenters. The number of amides is 1. The highest BCUT2D eigenvalue weighted by Gasteiger charge is 2.28. The van der Waals surface area contributed by atoms with Gasteiger partial charge in [-0.25, -0.2) is 8.42 Å². The highest BCUT2D eigenvalue weighted by atomic mass is 32.2. The molecule has 1 N–H and O–H groups in total. The Balaban J connectivity index is 3.11. The van der Waals surface area contributed by atoms with Gasteiger partial charge in [0.2, 0.25) is 15.9 Å². The molecule has 6 nitrogen and oxygen atoms in total. The van der Waals surface area contributed by atoms with Crippen molar-refractivity contribution in [2.24, 2.45) is 0 Å². The molecule has 21 heavy (non-hydrogen) atoms. The van der Waals surface area contributed by atoms with Gasteiger partial charge in [-0.3, -0.25) is 9.10 Å². The van der Waals surface area contributed by atoms with Crippen molar-refractivity contribution in [3.8, 4) is 5.75 Å². The molecule has 1 aromatic rings. The molecule has 0 aliphatic heterocycles. The zero-order valence-electron chi connectivity index (χ0n) is 12.4. The second-order valence-corrected chi connectivity index (χ2v) is 6.33. The van der Waals surface area contributed by atoms with Crippen LogP contribution in [0.5, 0.6) is 5.75 Å². The fourth-order valence-corrected chi connectivity index (χ4v) is 3.03. The first kappa shape index (κ1) is 17.0. The van der Waals surface area contributed by atoms with Gasteiger partial charge in [-0.1, -0.05) is 6.08 Å². The highest BCUT2D eigenvalue weighted by Crippen LogP contribution is 2.23. The molecule has 0 aromatic heterocycles. The number of sulfonamides is 1. The Morgan fingerprint density at radius 3 is 2.43 bits per heavy atom. The minimum Gasteiger partial charge on any atom is -0.497 e. The van der Waals surface area contributed by atoms with Gasteiger partial charge in [0.05, 0.1) is 19.1 Å². The van der Waals surface area contributed by atoms with Gasteiger partial charge in [0.25, 0.3) is 0 Å². The zero-order valence-corrected chi connectivity index (χ0v) is 13.2. The Morgan fingerprint density at radius 2 is 2.00 bits per heavy atom. The smallest absolute Gasteiger partial charge is 0.243 e. The molecule has 0 aliphatic carbocycles. The summed E-state index contributed by atoms with van der Waals surface area (Å²) in [5, 5.41) is 2.59. The van der Waals surface area contributed by atoms with Crippen LogP contribution < -0.4 is 14.4 Å². The average molecular weight is 312 g/mol. The van der Waals surface area contributed by atoms with E-state index in [9.17, 15) is 13.2 Å². The van der Waals surface area contributed by atoms with Gasteiger partial charge in [0.15, 0.2) is 0 Å². The Kier molecular flexibility index (Phi) is 5.78. The summed E-state index contributed by atoms with van der Waals surface area (Å²) >= 11 is 0. The third-order valence-corrected chi connectivity index (χ3v) is 4.08. The predicted molar refractivity (Wildman–Crippen MR) is 83.0 cm³/mol. The molecule has 0 saturated carbocycles. The van der Waals surface area contributed by atoms with Gasteiger partial charge in [-0.05, 0) is 31.2 Å². The molecule has 1 rings (SSSR count). The van der Waals surface area contributed by atoms with Crippen molar-refractivity contribution in [2.45, 2.75) is 13.0 Å². The van der Waals surface area contributed by atoms with E-state index in [1.807, 2.05) is 0 Å². The minimum atomic E-state index is -3.60. The summed E-state index contributed by atoms with van der Waals surface area (Å²) in [6.07, 6.45) is 2.59. The normalized spacial score (nSPS) is 12.3. The minimum absolute atomic E-state index is 0.281. The summed E-state index contributed by atoms with van der Waals surface area (Å²) in [4.78, 5) is 12.0. The van der Waals surface area contributed by atoms with Crippen molar-refractivity contribution >= 4 is 21.6 Å². The molecule has 0 aliphatic rings. The summed E-state index contributed by atoms with van der Waals surface area (Å²) in [6.45, 7) is 5.31. The number of anilines is 1. The predicted octanol–water partition coefficient (Wildman–Crippen LogP) is 1.15. The van der Waals surface area contributed by atoms with Crippen LogP contribution in [0, 0.1) is 0 Å². The van der Waals surface area contributed by atoms with Gasteiger partial charge in [-0.2, -0.15) is 0 Å². The van der Waals surface area contributed by atoms with Crippen LogP contribution in [0.2, 0.25) is 0 Å². The summed E-state index contributed by atoms with van der Waals surface area (Å²) < 4.78 is 30.1. The topological polar surface area (TPSA) is 75.7 Å². The largest absolute Gasteiger partial charge is 0.497 e. The Bertz CT molecular complexity index is 596. The van der Waals surface area contributed by atoms with Crippen molar-refractivity contribution in [1.82, 2.24) is 5.32 Å². The number of hydrogen-bond donors (Lipinski definition) is 1. The molecule has 0 heterocycles. The standard InChI is InChI=1S/C14H20N2O4S/c1-5-10-15-14(17)11(2)16(21(4,18)19)12-6-8-13(20-3)9-7-12/h5-9,11H,1,10H2,2-4H3,(H,15,17)/t11-/m1/s1. The number of carbonyl (C=O) groups excluding carboxylic acids is 1. The fraction of sp³-hybridized carbons (Fsp3) is 0.357. The SMILES string of the molecule is C=CCNC(=O)[C@@H](C)N(c1ccc(OC)cc1)S(C)(=O)=O. The first-order valence-corrected chi connectivity index (χ1v) is 8.18. The number of benzene rings is 1. The van der Waals surface area contributed by atoms with Gasteiger partial charge in [0.1, 0.15) is 11.8 Å². The van der Waals surface area contributed by atoms with Crippen molar-refractivity contribution in [3.05, 3.63) is 36.9 Å². The van der Waals surface area contributed by atoms with E-state index < -0.39 is 22.0 Å². The first-order valence-electron chi connectivity index (χ1n) is 6.33. The van der Waals surface area contributed by atoms with Crippen LogP contribution >= 0.6 is 0 Å². The molecule has 0 bridgehead atoms. The molecule has 0 fully saturated rings. The highest BCUT2D eigenvalue weighted by molar-refractivity contribution is 7.92. The molecule has 0 radical (unpaired) electrons. The van der Waals surface area contributed by atoms with Crippen LogP contribution in [-0.2, 0) is 14.8 Å². The third-order valence-electron chi connectivity index (χ3n) is 2.84. The monoisotopic (exact) mass is 312 g/mol. The molecule has 0 saturated heterocycles. The number of nitrogens with zero attached hydrogens (tertiary/aromatic N) is 1. The van der Waals surface area contributed by atoms with E-state index in [-0.39, 0.29) is 6.54 Å². The number of nitrogens with one attached hydrogen (secondary N) is 1. The molecule has 116 valence electrons.